The van der Waals surface area contributed by atoms with Gasteiger partial charge >= 0.3 is 5.97 Å². The summed E-state index contributed by atoms with van der Waals surface area (Å²) in [5.74, 6) is -0.818. The summed E-state index contributed by atoms with van der Waals surface area (Å²) in [5, 5.41) is 12.0. The summed E-state index contributed by atoms with van der Waals surface area (Å²) in [6.07, 6.45) is 1.26. The van der Waals surface area contributed by atoms with Gasteiger partial charge in [-0.1, -0.05) is 0 Å². The highest BCUT2D eigenvalue weighted by Crippen LogP contribution is 2.38. The molecule has 0 unspecified atom stereocenters. The molecule has 0 spiro atoms. The lowest BCUT2D eigenvalue weighted by Gasteiger charge is -2.40. The fraction of sp³-hybridized carbons (Fsp3) is 0.417. The van der Waals surface area contributed by atoms with Crippen LogP contribution in [0.1, 0.15) is 6.42 Å². The van der Waals surface area contributed by atoms with Gasteiger partial charge in [-0.05, 0) is 24.3 Å². The fourth-order valence-electron chi connectivity index (χ4n) is 1.92. The Labute approximate surface area is 116 Å². The lowest BCUT2D eigenvalue weighted by Crippen LogP contribution is -2.57. The molecule has 0 bridgehead atoms. The van der Waals surface area contributed by atoms with Crippen molar-refractivity contribution in [1.82, 2.24) is 5.32 Å². The summed E-state index contributed by atoms with van der Waals surface area (Å²) in [5.41, 5.74) is 0. The predicted molar refractivity (Wildman–Crippen MR) is 73.3 cm³/mol. The number of sulfone groups is 1. The first-order chi connectivity index (χ1) is 8.81. The first kappa shape index (κ1) is 14.4. The Morgan fingerprint density at radius 1 is 1.37 bits per heavy atom. The zero-order chi connectivity index (χ0) is 14.1. The van der Waals surface area contributed by atoms with Gasteiger partial charge in [0.15, 0.2) is 9.84 Å². The summed E-state index contributed by atoms with van der Waals surface area (Å²) in [6, 6.07) is 6.56. The molecule has 1 heterocycles. The highest BCUT2D eigenvalue weighted by atomic mass is 32.2. The minimum Gasteiger partial charge on any atom is -0.481 e. The van der Waals surface area contributed by atoms with E-state index in [0.717, 1.165) is 11.2 Å². The van der Waals surface area contributed by atoms with Gasteiger partial charge in [-0.15, -0.1) is 11.8 Å². The standard InChI is InChI=1S/C12H15NO4S2/c1-19(16,17)10-4-2-9(3-5-10)18-12(6-11(14)15)7-13-8-12/h2-5,13H,6-8H2,1H3,(H,14,15). The number of hydrogen-bond donors (Lipinski definition) is 2. The van der Waals surface area contributed by atoms with Crippen LogP contribution < -0.4 is 5.32 Å². The van der Waals surface area contributed by atoms with Gasteiger partial charge in [0, 0.05) is 24.2 Å². The van der Waals surface area contributed by atoms with E-state index in [0.29, 0.717) is 13.1 Å². The number of aliphatic carboxylic acids is 1. The van der Waals surface area contributed by atoms with Crippen molar-refractivity contribution in [3.63, 3.8) is 0 Å². The third kappa shape index (κ3) is 3.49. The predicted octanol–water partition coefficient (Wildman–Crippen LogP) is 0.999. The molecule has 0 radical (unpaired) electrons. The molecule has 1 aromatic carbocycles. The largest absolute Gasteiger partial charge is 0.481 e. The van der Waals surface area contributed by atoms with Crippen LogP contribution in [0.4, 0.5) is 0 Å². The molecule has 2 N–H and O–H groups in total. The molecule has 0 atom stereocenters. The second-order valence-electron chi connectivity index (χ2n) is 4.70. The molecule has 2 rings (SSSR count). The Hall–Kier alpha value is -1.05. The molecule has 0 amide bonds. The highest BCUT2D eigenvalue weighted by molar-refractivity contribution is 8.00. The van der Waals surface area contributed by atoms with Gasteiger partial charge in [0.2, 0.25) is 0 Å². The maximum Gasteiger partial charge on any atom is 0.304 e. The quantitative estimate of drug-likeness (QED) is 0.844. The summed E-state index contributed by atoms with van der Waals surface area (Å²) in [6.45, 7) is 1.30. The van der Waals surface area contributed by atoms with Crippen LogP contribution in [0.25, 0.3) is 0 Å². The van der Waals surface area contributed by atoms with Crippen molar-refractivity contribution in [2.45, 2.75) is 21.0 Å². The summed E-state index contributed by atoms with van der Waals surface area (Å²) in [4.78, 5) is 12.0. The lowest BCUT2D eigenvalue weighted by atomic mass is 9.98. The molecule has 7 heteroatoms. The molecule has 1 aromatic rings. The summed E-state index contributed by atoms with van der Waals surface area (Å²) in [7, 11) is -3.19. The topological polar surface area (TPSA) is 83.5 Å². The smallest absolute Gasteiger partial charge is 0.304 e. The zero-order valence-corrected chi connectivity index (χ0v) is 12.1. The third-order valence-corrected chi connectivity index (χ3v) is 5.46. The van der Waals surface area contributed by atoms with Crippen LogP contribution in [0.3, 0.4) is 0 Å². The second-order valence-corrected chi connectivity index (χ2v) is 8.26. The van der Waals surface area contributed by atoms with Crippen molar-refractivity contribution in [3.05, 3.63) is 24.3 Å². The Kier molecular flexibility index (Phi) is 3.89. The Morgan fingerprint density at radius 2 is 1.95 bits per heavy atom. The summed E-state index contributed by atoms with van der Waals surface area (Å²) >= 11 is 1.49. The van der Waals surface area contributed by atoms with Crippen LogP contribution in [-0.2, 0) is 14.6 Å². The number of nitrogens with one attached hydrogen (secondary N) is 1. The molecule has 104 valence electrons. The first-order valence-electron chi connectivity index (χ1n) is 5.72. The first-order valence-corrected chi connectivity index (χ1v) is 8.43. The molecule has 1 aliphatic rings. The van der Waals surface area contributed by atoms with Crippen LogP contribution in [0.2, 0.25) is 0 Å². The number of rotatable bonds is 5. The number of thioether (sulfide) groups is 1. The van der Waals surface area contributed by atoms with E-state index in [1.54, 1.807) is 24.3 Å². The monoisotopic (exact) mass is 301 g/mol. The minimum absolute atomic E-state index is 0.0957. The van der Waals surface area contributed by atoms with Crippen molar-refractivity contribution in [2.24, 2.45) is 0 Å². The van der Waals surface area contributed by atoms with Crippen LogP contribution in [0.5, 0.6) is 0 Å². The molecular weight excluding hydrogens is 286 g/mol. The molecule has 1 aliphatic heterocycles. The number of hydrogen-bond acceptors (Lipinski definition) is 5. The van der Waals surface area contributed by atoms with Crippen LogP contribution in [0, 0.1) is 0 Å². The molecule has 1 fully saturated rings. The van der Waals surface area contributed by atoms with E-state index < -0.39 is 15.8 Å². The van der Waals surface area contributed by atoms with Crippen molar-refractivity contribution in [2.75, 3.05) is 19.3 Å². The third-order valence-electron chi connectivity index (χ3n) is 2.95. The fourth-order valence-corrected chi connectivity index (χ4v) is 3.86. The molecule has 0 aromatic heterocycles. The van der Waals surface area contributed by atoms with E-state index in [4.69, 9.17) is 5.11 Å². The molecule has 1 saturated heterocycles. The second kappa shape index (κ2) is 5.15. The minimum atomic E-state index is -3.19. The number of benzene rings is 1. The van der Waals surface area contributed by atoms with Crippen molar-refractivity contribution < 1.29 is 18.3 Å². The molecule has 5 nitrogen and oxygen atoms in total. The Balaban J connectivity index is 2.13. The molecule has 0 saturated carbocycles. The molecule has 0 aliphatic carbocycles. The Bertz CT molecular complexity index is 576. The van der Waals surface area contributed by atoms with E-state index >= 15 is 0 Å². The Morgan fingerprint density at radius 3 is 2.32 bits per heavy atom. The average Bonchev–Trinajstić information content (AvgIpc) is 2.25. The lowest BCUT2D eigenvalue weighted by molar-refractivity contribution is -0.138. The number of carboxylic acids is 1. The summed E-state index contributed by atoms with van der Waals surface area (Å²) < 4.78 is 22.4. The normalized spacial score (nSPS) is 17.7. The van der Waals surface area contributed by atoms with Crippen molar-refractivity contribution >= 4 is 27.6 Å². The van der Waals surface area contributed by atoms with Gasteiger partial charge in [0.25, 0.3) is 0 Å². The molecular formula is C12H15NO4S2. The number of carbonyl (C=O) groups is 1. The van der Waals surface area contributed by atoms with E-state index in [9.17, 15) is 13.2 Å². The molecule has 19 heavy (non-hydrogen) atoms. The number of carboxylic acid groups (broad SMARTS) is 1. The van der Waals surface area contributed by atoms with Crippen molar-refractivity contribution in [1.29, 1.82) is 0 Å². The zero-order valence-electron chi connectivity index (χ0n) is 10.4. The van der Waals surface area contributed by atoms with Crippen molar-refractivity contribution in [3.8, 4) is 0 Å². The van der Waals surface area contributed by atoms with Gasteiger partial charge in [0.1, 0.15) is 0 Å². The van der Waals surface area contributed by atoms with Crippen LogP contribution in [-0.4, -0.2) is 43.6 Å². The SMILES string of the molecule is CS(=O)(=O)c1ccc(SC2(CC(=O)O)CNC2)cc1. The van der Waals surface area contributed by atoms with Gasteiger partial charge < -0.3 is 10.4 Å². The van der Waals surface area contributed by atoms with Crippen LogP contribution >= 0.6 is 11.8 Å². The van der Waals surface area contributed by atoms with E-state index in [1.807, 2.05) is 0 Å². The van der Waals surface area contributed by atoms with E-state index in [2.05, 4.69) is 5.32 Å². The van der Waals surface area contributed by atoms with Gasteiger partial charge in [-0.25, -0.2) is 8.42 Å². The highest BCUT2D eigenvalue weighted by Gasteiger charge is 2.40. The van der Waals surface area contributed by atoms with E-state index in [-0.39, 0.29) is 16.1 Å². The van der Waals surface area contributed by atoms with Gasteiger partial charge in [0.05, 0.1) is 16.1 Å². The van der Waals surface area contributed by atoms with Gasteiger partial charge in [-0.2, -0.15) is 0 Å². The maximum atomic E-state index is 11.3. The van der Waals surface area contributed by atoms with Crippen LogP contribution in [0.15, 0.2) is 34.1 Å². The maximum absolute atomic E-state index is 11.3. The van der Waals surface area contributed by atoms with Gasteiger partial charge in [-0.3, -0.25) is 4.79 Å². The average molecular weight is 301 g/mol. The van der Waals surface area contributed by atoms with E-state index in [1.165, 1.54) is 11.8 Å².